The fraction of sp³-hybridized carbons (Fsp3) is 0.600. The topological polar surface area (TPSA) is 41.5 Å². The molecular weight excluding hydrogens is 262 g/mol. The number of nitrogens with one attached hydrogen (secondary N) is 1. The zero-order chi connectivity index (χ0) is 13.9. The highest BCUT2D eigenvalue weighted by Gasteiger charge is 2.22. The highest BCUT2D eigenvalue weighted by atomic mass is 35.5. The lowest BCUT2D eigenvalue weighted by Gasteiger charge is -2.23. The molecule has 1 aliphatic rings. The molecule has 0 radical (unpaired) electrons. The molecule has 1 unspecified atom stereocenters. The smallest absolute Gasteiger partial charge is 0.125 e. The summed E-state index contributed by atoms with van der Waals surface area (Å²) in [5.41, 5.74) is 0.173. The summed E-state index contributed by atoms with van der Waals surface area (Å²) < 4.78 is 5.75. The maximum absolute atomic E-state index is 10.00. The average molecular weight is 284 g/mol. The quantitative estimate of drug-likeness (QED) is 0.808. The van der Waals surface area contributed by atoms with Crippen molar-refractivity contribution in [3.63, 3.8) is 0 Å². The van der Waals surface area contributed by atoms with Crippen LogP contribution in [-0.4, -0.2) is 23.4 Å². The van der Waals surface area contributed by atoms with Gasteiger partial charge in [0.15, 0.2) is 0 Å². The molecule has 0 aliphatic heterocycles. The Kier molecular flexibility index (Phi) is 4.71. The van der Waals surface area contributed by atoms with Crippen LogP contribution in [0, 0.1) is 0 Å². The van der Waals surface area contributed by atoms with E-state index in [1.807, 2.05) is 25.1 Å². The third-order valence-electron chi connectivity index (χ3n) is 3.52. The standard InChI is InChI=1S/C15H22ClNO2/c1-3-15(2,18)10-19-14-6-4-5-13(16)12(14)9-17-11-7-8-11/h4-6,11,17-18H,3,7-10H2,1-2H3. The van der Waals surface area contributed by atoms with Crippen molar-refractivity contribution in [2.75, 3.05) is 6.61 Å². The molecule has 1 atom stereocenters. The van der Waals surface area contributed by atoms with E-state index in [1.54, 1.807) is 6.92 Å². The molecule has 1 saturated carbocycles. The van der Waals surface area contributed by atoms with Gasteiger partial charge in [0.05, 0.1) is 5.60 Å². The number of aliphatic hydroxyl groups is 1. The fourth-order valence-electron chi connectivity index (χ4n) is 1.71. The van der Waals surface area contributed by atoms with E-state index in [9.17, 15) is 5.11 Å². The van der Waals surface area contributed by atoms with Gasteiger partial charge in [-0.25, -0.2) is 0 Å². The molecule has 0 bridgehead atoms. The molecule has 1 fully saturated rings. The lowest BCUT2D eigenvalue weighted by Crippen LogP contribution is -2.31. The predicted molar refractivity (Wildman–Crippen MR) is 77.7 cm³/mol. The molecule has 0 heterocycles. The van der Waals surface area contributed by atoms with Crippen molar-refractivity contribution >= 4 is 11.6 Å². The molecule has 106 valence electrons. The first kappa shape index (κ1) is 14.6. The number of hydrogen-bond acceptors (Lipinski definition) is 3. The number of rotatable bonds is 7. The van der Waals surface area contributed by atoms with Crippen LogP contribution in [0.25, 0.3) is 0 Å². The van der Waals surface area contributed by atoms with Crippen molar-refractivity contribution in [1.29, 1.82) is 0 Å². The molecule has 3 nitrogen and oxygen atoms in total. The Morgan fingerprint density at radius 1 is 1.47 bits per heavy atom. The Labute approximate surface area is 119 Å². The van der Waals surface area contributed by atoms with Gasteiger partial charge >= 0.3 is 0 Å². The summed E-state index contributed by atoms with van der Waals surface area (Å²) >= 11 is 6.23. The largest absolute Gasteiger partial charge is 0.490 e. The summed E-state index contributed by atoms with van der Waals surface area (Å²) in [6, 6.07) is 6.28. The van der Waals surface area contributed by atoms with Crippen LogP contribution < -0.4 is 10.1 Å². The second-order valence-electron chi connectivity index (χ2n) is 5.51. The Morgan fingerprint density at radius 3 is 2.84 bits per heavy atom. The van der Waals surface area contributed by atoms with Crippen molar-refractivity contribution in [1.82, 2.24) is 5.32 Å². The van der Waals surface area contributed by atoms with Gasteiger partial charge in [-0.3, -0.25) is 0 Å². The Bertz CT molecular complexity index is 430. The predicted octanol–water partition coefficient (Wildman–Crippen LogP) is 3.13. The minimum absolute atomic E-state index is 0.278. The molecule has 2 N–H and O–H groups in total. The third kappa shape index (κ3) is 4.37. The zero-order valence-electron chi connectivity index (χ0n) is 11.6. The van der Waals surface area contributed by atoms with E-state index in [0.29, 0.717) is 24.0 Å². The van der Waals surface area contributed by atoms with Crippen LogP contribution in [0.15, 0.2) is 18.2 Å². The zero-order valence-corrected chi connectivity index (χ0v) is 12.3. The first-order valence-corrected chi connectivity index (χ1v) is 7.25. The summed E-state index contributed by atoms with van der Waals surface area (Å²) in [5, 5.41) is 14.1. The molecule has 1 aromatic rings. The Morgan fingerprint density at radius 2 is 2.21 bits per heavy atom. The summed E-state index contributed by atoms with van der Waals surface area (Å²) in [7, 11) is 0. The van der Waals surface area contributed by atoms with Crippen LogP contribution in [0.2, 0.25) is 5.02 Å². The lowest BCUT2D eigenvalue weighted by atomic mass is 10.1. The summed E-state index contributed by atoms with van der Waals surface area (Å²) in [5.74, 6) is 0.759. The Hall–Kier alpha value is -0.770. The molecular formula is C15H22ClNO2. The maximum atomic E-state index is 10.00. The number of benzene rings is 1. The second kappa shape index (κ2) is 6.12. The maximum Gasteiger partial charge on any atom is 0.125 e. The molecule has 19 heavy (non-hydrogen) atoms. The van der Waals surface area contributed by atoms with Crippen LogP contribution >= 0.6 is 11.6 Å². The van der Waals surface area contributed by atoms with E-state index in [0.717, 1.165) is 11.3 Å². The first-order valence-electron chi connectivity index (χ1n) is 6.88. The van der Waals surface area contributed by atoms with Gasteiger partial charge in [-0.15, -0.1) is 0 Å². The SMILES string of the molecule is CCC(C)(O)COc1cccc(Cl)c1CNC1CC1. The normalized spacial score (nSPS) is 18.1. The van der Waals surface area contributed by atoms with Gasteiger partial charge in [0.25, 0.3) is 0 Å². The van der Waals surface area contributed by atoms with Crippen molar-refractivity contribution in [2.24, 2.45) is 0 Å². The van der Waals surface area contributed by atoms with Crippen molar-refractivity contribution in [3.8, 4) is 5.75 Å². The van der Waals surface area contributed by atoms with E-state index in [4.69, 9.17) is 16.3 Å². The van der Waals surface area contributed by atoms with Crippen LogP contribution in [0.4, 0.5) is 0 Å². The van der Waals surface area contributed by atoms with Gasteiger partial charge in [0.2, 0.25) is 0 Å². The molecule has 4 heteroatoms. The molecule has 1 aromatic carbocycles. The van der Waals surface area contributed by atoms with Crippen molar-refractivity contribution < 1.29 is 9.84 Å². The molecule has 1 aliphatic carbocycles. The summed E-state index contributed by atoms with van der Waals surface area (Å²) in [6.07, 6.45) is 3.14. The Balaban J connectivity index is 2.03. The van der Waals surface area contributed by atoms with Gasteiger partial charge in [0.1, 0.15) is 12.4 Å². The van der Waals surface area contributed by atoms with Gasteiger partial charge in [-0.2, -0.15) is 0 Å². The van der Waals surface area contributed by atoms with E-state index in [1.165, 1.54) is 12.8 Å². The third-order valence-corrected chi connectivity index (χ3v) is 3.88. The van der Waals surface area contributed by atoms with Gasteiger partial charge in [0, 0.05) is 23.2 Å². The summed E-state index contributed by atoms with van der Waals surface area (Å²) in [4.78, 5) is 0. The minimum Gasteiger partial charge on any atom is -0.490 e. The highest BCUT2D eigenvalue weighted by Crippen LogP contribution is 2.29. The van der Waals surface area contributed by atoms with Gasteiger partial charge in [-0.05, 0) is 38.3 Å². The monoisotopic (exact) mass is 283 g/mol. The second-order valence-corrected chi connectivity index (χ2v) is 5.92. The molecule has 0 spiro atoms. The van der Waals surface area contributed by atoms with Crippen molar-refractivity contribution in [3.05, 3.63) is 28.8 Å². The molecule has 0 amide bonds. The van der Waals surface area contributed by atoms with E-state index in [-0.39, 0.29) is 6.61 Å². The lowest BCUT2D eigenvalue weighted by molar-refractivity contribution is 0.00816. The number of halogens is 1. The van der Waals surface area contributed by atoms with Gasteiger partial charge in [-0.1, -0.05) is 24.6 Å². The highest BCUT2D eigenvalue weighted by molar-refractivity contribution is 6.31. The summed E-state index contributed by atoms with van der Waals surface area (Å²) in [6.45, 7) is 4.71. The molecule has 2 rings (SSSR count). The van der Waals surface area contributed by atoms with Crippen LogP contribution in [-0.2, 0) is 6.54 Å². The average Bonchev–Trinajstić information content (AvgIpc) is 3.19. The van der Waals surface area contributed by atoms with E-state index >= 15 is 0 Å². The molecule has 0 aromatic heterocycles. The van der Waals surface area contributed by atoms with Crippen LogP contribution in [0.5, 0.6) is 5.75 Å². The van der Waals surface area contributed by atoms with Gasteiger partial charge < -0.3 is 15.2 Å². The van der Waals surface area contributed by atoms with Crippen molar-refractivity contribution in [2.45, 2.75) is 51.3 Å². The fourth-order valence-corrected chi connectivity index (χ4v) is 1.95. The van der Waals surface area contributed by atoms with Crippen LogP contribution in [0.1, 0.15) is 38.7 Å². The van der Waals surface area contributed by atoms with E-state index < -0.39 is 5.60 Å². The first-order chi connectivity index (χ1) is 9.02. The number of hydrogen-bond donors (Lipinski definition) is 2. The van der Waals surface area contributed by atoms with Crippen LogP contribution in [0.3, 0.4) is 0 Å². The van der Waals surface area contributed by atoms with E-state index in [2.05, 4.69) is 5.32 Å². The minimum atomic E-state index is -0.802. The molecule has 0 saturated heterocycles. The number of ether oxygens (including phenoxy) is 1.